The topological polar surface area (TPSA) is 46.2 Å². The number of carbonyl (C=O) groups is 2. The third-order valence-electron chi connectivity index (χ3n) is 3.24. The molecule has 0 saturated heterocycles. The summed E-state index contributed by atoms with van der Waals surface area (Å²) in [5, 5.41) is 2.87. The van der Waals surface area contributed by atoms with E-state index in [0.717, 1.165) is 5.56 Å². The summed E-state index contributed by atoms with van der Waals surface area (Å²) in [5.74, 6) is -0.371. The second kappa shape index (κ2) is 6.66. The van der Waals surface area contributed by atoms with Gasteiger partial charge in [0.15, 0.2) is 5.78 Å². The molecule has 0 heterocycles. The molecule has 0 aliphatic rings. The fraction of sp³-hybridized carbons (Fsp3) is 0.111. The summed E-state index contributed by atoms with van der Waals surface area (Å²) in [5.41, 5.74) is 1.75. The molecule has 1 atom stereocenters. The second-order valence-corrected chi connectivity index (χ2v) is 4.76. The van der Waals surface area contributed by atoms with Crippen LogP contribution in [0, 0.1) is 0 Å². The average molecular weight is 279 g/mol. The van der Waals surface area contributed by atoms with Gasteiger partial charge in [-0.1, -0.05) is 55.1 Å². The van der Waals surface area contributed by atoms with Crippen molar-refractivity contribution >= 4 is 11.7 Å². The molecule has 0 saturated carbocycles. The van der Waals surface area contributed by atoms with Gasteiger partial charge in [0, 0.05) is 11.1 Å². The molecule has 2 aromatic carbocycles. The van der Waals surface area contributed by atoms with E-state index in [9.17, 15) is 9.59 Å². The Morgan fingerprint density at radius 3 is 2.00 bits per heavy atom. The van der Waals surface area contributed by atoms with Crippen molar-refractivity contribution in [2.24, 2.45) is 0 Å². The number of hydrogen-bond donors (Lipinski definition) is 1. The maximum atomic E-state index is 12.3. The first kappa shape index (κ1) is 14.7. The SMILES string of the molecule is C=C(C(C)=O)[C@@H](NC(=O)c1ccccc1)c1ccccc1. The average Bonchev–Trinajstić information content (AvgIpc) is 2.53. The van der Waals surface area contributed by atoms with Gasteiger partial charge in [-0.05, 0) is 24.6 Å². The zero-order valence-electron chi connectivity index (χ0n) is 11.9. The van der Waals surface area contributed by atoms with Gasteiger partial charge in [-0.25, -0.2) is 0 Å². The van der Waals surface area contributed by atoms with Crippen LogP contribution < -0.4 is 5.32 Å². The van der Waals surface area contributed by atoms with Crippen molar-refractivity contribution in [1.29, 1.82) is 0 Å². The zero-order valence-corrected chi connectivity index (χ0v) is 11.9. The third-order valence-corrected chi connectivity index (χ3v) is 3.24. The molecule has 1 N–H and O–H groups in total. The number of ketones is 1. The molecule has 0 unspecified atom stereocenters. The molecule has 3 nitrogen and oxygen atoms in total. The van der Waals surface area contributed by atoms with Crippen molar-refractivity contribution in [3.63, 3.8) is 0 Å². The number of hydrogen-bond acceptors (Lipinski definition) is 2. The summed E-state index contributed by atoms with van der Waals surface area (Å²) in [6.07, 6.45) is 0. The molecule has 106 valence electrons. The van der Waals surface area contributed by atoms with Gasteiger partial charge in [0.2, 0.25) is 0 Å². The van der Waals surface area contributed by atoms with Gasteiger partial charge in [-0.2, -0.15) is 0 Å². The highest BCUT2D eigenvalue weighted by Crippen LogP contribution is 2.21. The Morgan fingerprint density at radius 2 is 1.48 bits per heavy atom. The minimum Gasteiger partial charge on any atom is -0.341 e. The summed E-state index contributed by atoms with van der Waals surface area (Å²) in [6, 6.07) is 17.7. The summed E-state index contributed by atoms with van der Waals surface area (Å²) in [4.78, 5) is 23.9. The first-order chi connectivity index (χ1) is 10.1. The zero-order chi connectivity index (χ0) is 15.2. The molecule has 0 radical (unpaired) electrons. The van der Waals surface area contributed by atoms with Crippen LogP contribution in [-0.4, -0.2) is 11.7 Å². The van der Waals surface area contributed by atoms with E-state index >= 15 is 0 Å². The number of carbonyl (C=O) groups excluding carboxylic acids is 2. The molecule has 0 aliphatic carbocycles. The van der Waals surface area contributed by atoms with Crippen LogP contribution in [0.3, 0.4) is 0 Å². The Hall–Kier alpha value is -2.68. The first-order valence-electron chi connectivity index (χ1n) is 6.70. The molecular weight excluding hydrogens is 262 g/mol. The molecule has 0 aliphatic heterocycles. The number of Topliss-reactive ketones (excluding diaryl/α,β-unsaturated/α-hetero) is 1. The van der Waals surface area contributed by atoms with E-state index < -0.39 is 6.04 Å². The van der Waals surface area contributed by atoms with E-state index in [-0.39, 0.29) is 11.7 Å². The van der Waals surface area contributed by atoms with E-state index in [1.165, 1.54) is 6.92 Å². The van der Waals surface area contributed by atoms with E-state index in [4.69, 9.17) is 0 Å². The monoisotopic (exact) mass is 279 g/mol. The molecule has 0 fully saturated rings. The van der Waals surface area contributed by atoms with Gasteiger partial charge < -0.3 is 5.32 Å². The van der Waals surface area contributed by atoms with Gasteiger partial charge in [0.1, 0.15) is 0 Å². The van der Waals surface area contributed by atoms with E-state index in [1.54, 1.807) is 24.3 Å². The molecule has 2 aromatic rings. The summed E-state index contributed by atoms with van der Waals surface area (Å²) >= 11 is 0. The minimum atomic E-state index is -0.517. The minimum absolute atomic E-state index is 0.141. The molecule has 0 aromatic heterocycles. The van der Waals surface area contributed by atoms with Gasteiger partial charge in [0.25, 0.3) is 5.91 Å². The van der Waals surface area contributed by atoms with Crippen molar-refractivity contribution < 1.29 is 9.59 Å². The van der Waals surface area contributed by atoms with Crippen molar-refractivity contribution in [1.82, 2.24) is 5.32 Å². The van der Waals surface area contributed by atoms with Gasteiger partial charge >= 0.3 is 0 Å². The molecule has 0 bridgehead atoms. The number of benzene rings is 2. The lowest BCUT2D eigenvalue weighted by Gasteiger charge is -2.20. The van der Waals surface area contributed by atoms with Crippen LogP contribution in [0.2, 0.25) is 0 Å². The van der Waals surface area contributed by atoms with Crippen LogP contribution in [-0.2, 0) is 4.79 Å². The van der Waals surface area contributed by atoms with Crippen LogP contribution in [0.15, 0.2) is 72.8 Å². The molecular formula is C18H17NO2. The standard InChI is InChI=1S/C18H17NO2/c1-13(14(2)20)17(15-9-5-3-6-10-15)19-18(21)16-11-7-4-8-12-16/h3-12,17H,1H2,2H3,(H,19,21)/t17-/m1/s1. The van der Waals surface area contributed by atoms with Crippen LogP contribution in [0.25, 0.3) is 0 Å². The quantitative estimate of drug-likeness (QED) is 0.854. The summed E-state index contributed by atoms with van der Waals surface area (Å²) in [6.45, 7) is 5.26. The van der Waals surface area contributed by atoms with Crippen LogP contribution in [0.1, 0.15) is 28.9 Å². The van der Waals surface area contributed by atoms with Gasteiger partial charge in [0.05, 0.1) is 6.04 Å². The second-order valence-electron chi connectivity index (χ2n) is 4.76. The molecule has 2 rings (SSSR count). The van der Waals surface area contributed by atoms with E-state index in [2.05, 4.69) is 11.9 Å². The van der Waals surface area contributed by atoms with Gasteiger partial charge in [-0.3, -0.25) is 9.59 Å². The smallest absolute Gasteiger partial charge is 0.252 e. The largest absolute Gasteiger partial charge is 0.341 e. The fourth-order valence-electron chi connectivity index (χ4n) is 2.02. The fourth-order valence-corrected chi connectivity index (χ4v) is 2.02. The van der Waals surface area contributed by atoms with Crippen LogP contribution in [0.4, 0.5) is 0 Å². The van der Waals surface area contributed by atoms with Gasteiger partial charge in [-0.15, -0.1) is 0 Å². The van der Waals surface area contributed by atoms with Crippen LogP contribution in [0.5, 0.6) is 0 Å². The van der Waals surface area contributed by atoms with E-state index in [1.807, 2.05) is 36.4 Å². The van der Waals surface area contributed by atoms with Crippen molar-refractivity contribution in [2.45, 2.75) is 13.0 Å². The maximum Gasteiger partial charge on any atom is 0.252 e. The Balaban J connectivity index is 2.27. The third kappa shape index (κ3) is 3.66. The Bertz CT molecular complexity index is 647. The van der Waals surface area contributed by atoms with E-state index in [0.29, 0.717) is 11.1 Å². The Kier molecular flexibility index (Phi) is 4.67. The van der Waals surface area contributed by atoms with Crippen molar-refractivity contribution in [3.05, 3.63) is 83.9 Å². The first-order valence-corrected chi connectivity index (χ1v) is 6.70. The predicted octanol–water partition coefficient (Wildman–Crippen LogP) is 3.30. The lowest BCUT2D eigenvalue weighted by atomic mass is 9.97. The number of amides is 1. The lowest BCUT2D eigenvalue weighted by molar-refractivity contribution is -0.113. The van der Waals surface area contributed by atoms with Crippen molar-refractivity contribution in [3.8, 4) is 0 Å². The predicted molar refractivity (Wildman–Crippen MR) is 82.9 cm³/mol. The van der Waals surface area contributed by atoms with Crippen molar-refractivity contribution in [2.75, 3.05) is 0 Å². The Labute approximate surface area is 124 Å². The number of nitrogens with one attached hydrogen (secondary N) is 1. The maximum absolute atomic E-state index is 12.3. The molecule has 21 heavy (non-hydrogen) atoms. The highest BCUT2D eigenvalue weighted by atomic mass is 16.2. The molecule has 0 spiro atoms. The Morgan fingerprint density at radius 1 is 0.952 bits per heavy atom. The molecule has 3 heteroatoms. The summed E-state index contributed by atoms with van der Waals surface area (Å²) < 4.78 is 0. The normalized spacial score (nSPS) is 11.5. The van der Waals surface area contributed by atoms with Crippen LogP contribution >= 0.6 is 0 Å². The number of rotatable bonds is 5. The highest BCUT2D eigenvalue weighted by molar-refractivity contribution is 5.98. The highest BCUT2D eigenvalue weighted by Gasteiger charge is 2.20. The molecule has 1 amide bonds. The summed E-state index contributed by atoms with van der Waals surface area (Å²) in [7, 11) is 0. The lowest BCUT2D eigenvalue weighted by Crippen LogP contribution is -2.31.